The SMILES string of the molecule is CCc1cc(Oc2cccc(O)c2)nc(C)n1. The molecular weight excluding hydrogens is 216 g/mol. The van der Waals surface area contributed by atoms with Gasteiger partial charge in [-0.2, -0.15) is 4.98 Å². The van der Waals surface area contributed by atoms with Gasteiger partial charge in [0.15, 0.2) is 0 Å². The van der Waals surface area contributed by atoms with Crippen LogP contribution in [0.2, 0.25) is 0 Å². The lowest BCUT2D eigenvalue weighted by molar-refractivity contribution is 0.443. The van der Waals surface area contributed by atoms with Crippen molar-refractivity contribution in [3.63, 3.8) is 0 Å². The van der Waals surface area contributed by atoms with Crippen LogP contribution < -0.4 is 4.74 Å². The Labute approximate surface area is 99.9 Å². The minimum atomic E-state index is 0.170. The lowest BCUT2D eigenvalue weighted by Gasteiger charge is -2.07. The fourth-order valence-electron chi connectivity index (χ4n) is 1.50. The Morgan fingerprint density at radius 2 is 2.06 bits per heavy atom. The van der Waals surface area contributed by atoms with E-state index < -0.39 is 0 Å². The van der Waals surface area contributed by atoms with Crippen LogP contribution in [-0.4, -0.2) is 15.1 Å². The summed E-state index contributed by atoms with van der Waals surface area (Å²) in [6.45, 7) is 3.86. The molecule has 0 aliphatic rings. The third-order valence-corrected chi connectivity index (χ3v) is 2.27. The van der Waals surface area contributed by atoms with E-state index in [1.165, 1.54) is 0 Å². The maximum absolute atomic E-state index is 9.33. The monoisotopic (exact) mass is 230 g/mol. The quantitative estimate of drug-likeness (QED) is 0.880. The van der Waals surface area contributed by atoms with Crippen LogP contribution >= 0.6 is 0 Å². The Hall–Kier alpha value is -2.10. The van der Waals surface area contributed by atoms with Crippen molar-refractivity contribution < 1.29 is 9.84 Å². The van der Waals surface area contributed by atoms with Gasteiger partial charge in [-0.05, 0) is 25.5 Å². The molecule has 4 heteroatoms. The summed E-state index contributed by atoms with van der Waals surface area (Å²) >= 11 is 0. The molecule has 0 amide bonds. The van der Waals surface area contributed by atoms with E-state index in [4.69, 9.17) is 4.74 Å². The van der Waals surface area contributed by atoms with Gasteiger partial charge in [-0.25, -0.2) is 4.98 Å². The highest BCUT2D eigenvalue weighted by atomic mass is 16.5. The van der Waals surface area contributed by atoms with Crippen LogP contribution in [0.4, 0.5) is 0 Å². The third kappa shape index (κ3) is 2.93. The molecule has 1 aromatic carbocycles. The van der Waals surface area contributed by atoms with Gasteiger partial charge in [0.2, 0.25) is 5.88 Å². The van der Waals surface area contributed by atoms with Crippen LogP contribution in [0.1, 0.15) is 18.4 Å². The molecule has 17 heavy (non-hydrogen) atoms. The van der Waals surface area contributed by atoms with Gasteiger partial charge in [-0.1, -0.05) is 13.0 Å². The largest absolute Gasteiger partial charge is 0.508 e. The van der Waals surface area contributed by atoms with Crippen LogP contribution in [0.25, 0.3) is 0 Å². The van der Waals surface area contributed by atoms with Crippen molar-refractivity contribution in [2.75, 3.05) is 0 Å². The summed E-state index contributed by atoms with van der Waals surface area (Å²) in [6, 6.07) is 8.43. The second kappa shape index (κ2) is 4.82. The Bertz CT molecular complexity index is 527. The lowest BCUT2D eigenvalue weighted by Crippen LogP contribution is -1.97. The number of aromatic nitrogens is 2. The van der Waals surface area contributed by atoms with Gasteiger partial charge in [0.05, 0.1) is 0 Å². The van der Waals surface area contributed by atoms with Gasteiger partial charge in [-0.3, -0.25) is 0 Å². The Morgan fingerprint density at radius 1 is 1.24 bits per heavy atom. The highest BCUT2D eigenvalue weighted by Gasteiger charge is 2.03. The van der Waals surface area contributed by atoms with E-state index in [0.29, 0.717) is 17.5 Å². The van der Waals surface area contributed by atoms with E-state index in [9.17, 15) is 5.11 Å². The van der Waals surface area contributed by atoms with Crippen molar-refractivity contribution in [2.45, 2.75) is 20.3 Å². The first-order valence-corrected chi connectivity index (χ1v) is 5.49. The zero-order valence-corrected chi connectivity index (χ0v) is 9.84. The molecule has 0 aliphatic heterocycles. The minimum Gasteiger partial charge on any atom is -0.508 e. The van der Waals surface area contributed by atoms with Gasteiger partial charge in [0, 0.05) is 17.8 Å². The maximum atomic E-state index is 9.33. The Balaban J connectivity index is 2.26. The number of benzene rings is 1. The van der Waals surface area contributed by atoms with Gasteiger partial charge in [-0.15, -0.1) is 0 Å². The van der Waals surface area contributed by atoms with Crippen LogP contribution in [0.5, 0.6) is 17.4 Å². The molecule has 88 valence electrons. The molecule has 2 aromatic rings. The molecule has 4 nitrogen and oxygen atoms in total. The van der Waals surface area contributed by atoms with Crippen LogP contribution in [0.3, 0.4) is 0 Å². The summed E-state index contributed by atoms with van der Waals surface area (Å²) in [4.78, 5) is 8.46. The smallest absolute Gasteiger partial charge is 0.222 e. The molecule has 0 saturated heterocycles. The van der Waals surface area contributed by atoms with E-state index >= 15 is 0 Å². The Kier molecular flexibility index (Phi) is 3.23. The van der Waals surface area contributed by atoms with E-state index in [1.807, 2.05) is 13.8 Å². The molecule has 0 atom stereocenters. The number of phenolic OH excluding ortho intramolecular Hbond substituents is 1. The molecule has 0 aliphatic carbocycles. The summed E-state index contributed by atoms with van der Waals surface area (Å²) in [7, 11) is 0. The first kappa shape index (κ1) is 11.4. The van der Waals surface area contributed by atoms with E-state index in [-0.39, 0.29) is 5.75 Å². The van der Waals surface area contributed by atoms with Crippen molar-refractivity contribution in [3.8, 4) is 17.4 Å². The van der Waals surface area contributed by atoms with Crippen LogP contribution in [0.15, 0.2) is 30.3 Å². The molecule has 0 bridgehead atoms. The van der Waals surface area contributed by atoms with Crippen LogP contribution in [0, 0.1) is 6.92 Å². The number of nitrogens with zero attached hydrogens (tertiary/aromatic N) is 2. The van der Waals surface area contributed by atoms with Crippen molar-refractivity contribution in [1.82, 2.24) is 9.97 Å². The number of rotatable bonds is 3. The van der Waals surface area contributed by atoms with Gasteiger partial charge >= 0.3 is 0 Å². The number of ether oxygens (including phenoxy) is 1. The van der Waals surface area contributed by atoms with Crippen LogP contribution in [-0.2, 0) is 6.42 Å². The number of aryl methyl sites for hydroxylation is 2. The molecule has 0 spiro atoms. The van der Waals surface area contributed by atoms with Crippen molar-refractivity contribution in [3.05, 3.63) is 41.9 Å². The average Bonchev–Trinajstić information content (AvgIpc) is 2.28. The van der Waals surface area contributed by atoms with Gasteiger partial charge in [0.1, 0.15) is 17.3 Å². The molecule has 0 radical (unpaired) electrons. The van der Waals surface area contributed by atoms with Crippen molar-refractivity contribution in [1.29, 1.82) is 0 Å². The molecule has 1 N–H and O–H groups in total. The van der Waals surface area contributed by atoms with Gasteiger partial charge < -0.3 is 9.84 Å². The molecule has 0 fully saturated rings. The fraction of sp³-hybridized carbons (Fsp3) is 0.231. The lowest BCUT2D eigenvalue weighted by atomic mass is 10.3. The summed E-state index contributed by atoms with van der Waals surface area (Å²) in [6.07, 6.45) is 0.833. The number of phenols is 1. The van der Waals surface area contributed by atoms with E-state index in [0.717, 1.165) is 12.1 Å². The molecule has 2 rings (SSSR count). The van der Waals surface area contributed by atoms with E-state index in [1.54, 1.807) is 30.3 Å². The normalized spacial score (nSPS) is 10.2. The molecule has 1 aromatic heterocycles. The zero-order chi connectivity index (χ0) is 12.3. The highest BCUT2D eigenvalue weighted by molar-refractivity contribution is 5.34. The number of aromatic hydroxyl groups is 1. The summed E-state index contributed by atoms with van der Waals surface area (Å²) in [5, 5.41) is 9.33. The third-order valence-electron chi connectivity index (χ3n) is 2.27. The van der Waals surface area contributed by atoms with Crippen molar-refractivity contribution >= 4 is 0 Å². The maximum Gasteiger partial charge on any atom is 0.222 e. The Morgan fingerprint density at radius 3 is 2.76 bits per heavy atom. The first-order chi connectivity index (χ1) is 8.17. The molecule has 0 saturated carbocycles. The van der Waals surface area contributed by atoms with Crippen molar-refractivity contribution in [2.24, 2.45) is 0 Å². The number of hydrogen-bond donors (Lipinski definition) is 1. The predicted molar refractivity (Wildman–Crippen MR) is 64.3 cm³/mol. The fourth-order valence-corrected chi connectivity index (χ4v) is 1.50. The number of hydrogen-bond acceptors (Lipinski definition) is 4. The topological polar surface area (TPSA) is 55.2 Å². The standard InChI is InChI=1S/C13H14N2O2/c1-3-10-7-13(15-9(2)14-10)17-12-6-4-5-11(16)8-12/h4-8,16H,3H2,1-2H3. The second-order valence-corrected chi connectivity index (χ2v) is 3.70. The first-order valence-electron chi connectivity index (χ1n) is 5.49. The predicted octanol–water partition coefficient (Wildman–Crippen LogP) is 2.85. The summed E-state index contributed by atoms with van der Waals surface area (Å²) in [5.74, 6) is 1.91. The average molecular weight is 230 g/mol. The summed E-state index contributed by atoms with van der Waals surface area (Å²) in [5.41, 5.74) is 0.938. The van der Waals surface area contributed by atoms with Gasteiger partial charge in [0.25, 0.3) is 0 Å². The summed E-state index contributed by atoms with van der Waals surface area (Å²) < 4.78 is 5.57. The minimum absolute atomic E-state index is 0.170. The highest BCUT2D eigenvalue weighted by Crippen LogP contribution is 2.23. The molecule has 1 heterocycles. The molecule has 0 unspecified atom stereocenters. The van der Waals surface area contributed by atoms with E-state index in [2.05, 4.69) is 9.97 Å². The molecular formula is C13H14N2O2. The second-order valence-electron chi connectivity index (χ2n) is 3.70. The zero-order valence-electron chi connectivity index (χ0n) is 9.84.